The summed E-state index contributed by atoms with van der Waals surface area (Å²) in [7, 11) is 1.55. The number of nitrogens with zero attached hydrogens (tertiary/aromatic N) is 6. The molecule has 7 rings (SSSR count). The van der Waals surface area contributed by atoms with Crippen LogP contribution in [0.25, 0.3) is 16.6 Å². The molecule has 1 atom stereocenters. The fraction of sp³-hybridized carbons (Fsp3) is 0.394. The number of methoxy groups -OCH3 is 1. The molecule has 12 nitrogen and oxygen atoms in total. The first-order chi connectivity index (χ1) is 22.3. The number of fused-ring (bicyclic) bond motifs is 1. The zero-order chi connectivity index (χ0) is 31.8. The number of nitrogens with one attached hydrogen (secondary N) is 3. The number of amides is 1. The second kappa shape index (κ2) is 12.1. The zero-order valence-electron chi connectivity index (χ0n) is 25.7. The highest BCUT2D eigenvalue weighted by Gasteiger charge is 2.43. The van der Waals surface area contributed by atoms with Crippen molar-refractivity contribution < 1.29 is 13.9 Å². The van der Waals surface area contributed by atoms with Gasteiger partial charge in [0.05, 0.1) is 29.9 Å². The molecular formula is C33H36FN9O3. The van der Waals surface area contributed by atoms with Crippen molar-refractivity contribution in [3.63, 3.8) is 0 Å². The van der Waals surface area contributed by atoms with Gasteiger partial charge in [-0.15, -0.1) is 0 Å². The number of ether oxygens (including phenoxy) is 1. The van der Waals surface area contributed by atoms with Gasteiger partial charge in [-0.3, -0.25) is 14.7 Å². The SMILES string of the molecule is COC1(C(=O)N[C@@H](C)c2ccc(-n3cc(F)cn3)nc2)CCC(n2nc(Nc3cc(C4CCC4)[nH]n3)c3ccccc3c2=O)CC1. The number of hydrogen-bond acceptors (Lipinski definition) is 8. The van der Waals surface area contributed by atoms with Gasteiger partial charge in [0.2, 0.25) is 0 Å². The van der Waals surface area contributed by atoms with Crippen LogP contribution in [-0.4, -0.2) is 53.4 Å². The summed E-state index contributed by atoms with van der Waals surface area (Å²) < 4.78 is 22.1. The molecule has 2 aliphatic carbocycles. The van der Waals surface area contributed by atoms with E-state index in [-0.39, 0.29) is 23.6 Å². The lowest BCUT2D eigenvalue weighted by atomic mass is 9.81. The Balaban J connectivity index is 1.06. The first-order valence-electron chi connectivity index (χ1n) is 15.7. The summed E-state index contributed by atoms with van der Waals surface area (Å²) in [5.74, 6) is 1.54. The number of benzene rings is 1. The van der Waals surface area contributed by atoms with Crippen LogP contribution in [0.2, 0.25) is 0 Å². The number of rotatable bonds is 9. The van der Waals surface area contributed by atoms with E-state index in [1.165, 1.54) is 17.3 Å². The van der Waals surface area contributed by atoms with Crippen molar-refractivity contribution in [3.8, 4) is 5.82 Å². The topological polar surface area (TPSA) is 145 Å². The molecule has 1 aromatic carbocycles. The zero-order valence-corrected chi connectivity index (χ0v) is 25.7. The summed E-state index contributed by atoms with van der Waals surface area (Å²) in [5.41, 5.74) is 0.689. The minimum atomic E-state index is -1.04. The molecule has 0 aliphatic heterocycles. The van der Waals surface area contributed by atoms with Crippen LogP contribution in [0.5, 0.6) is 0 Å². The molecule has 0 bridgehead atoms. The molecule has 238 valence electrons. The Morgan fingerprint density at radius 3 is 2.54 bits per heavy atom. The average molecular weight is 626 g/mol. The van der Waals surface area contributed by atoms with Crippen LogP contribution < -0.4 is 16.2 Å². The fourth-order valence-electron chi connectivity index (χ4n) is 6.46. The predicted molar refractivity (Wildman–Crippen MR) is 170 cm³/mol. The molecule has 4 heterocycles. The van der Waals surface area contributed by atoms with Crippen LogP contribution in [0, 0.1) is 5.82 Å². The third-order valence-electron chi connectivity index (χ3n) is 9.53. The molecule has 0 saturated heterocycles. The van der Waals surface area contributed by atoms with Crippen LogP contribution in [0.4, 0.5) is 16.0 Å². The maximum absolute atomic E-state index is 13.7. The quantitative estimate of drug-likeness (QED) is 0.202. The molecule has 3 N–H and O–H groups in total. The van der Waals surface area contributed by atoms with Gasteiger partial charge in [0, 0.05) is 36.4 Å². The normalized spacial score (nSPS) is 20.7. The Morgan fingerprint density at radius 2 is 1.89 bits per heavy atom. The molecule has 1 amide bonds. The molecule has 0 radical (unpaired) electrons. The monoisotopic (exact) mass is 625 g/mol. The Bertz CT molecular complexity index is 1920. The Kier molecular flexibility index (Phi) is 7.85. The van der Waals surface area contributed by atoms with Crippen LogP contribution >= 0.6 is 0 Å². The van der Waals surface area contributed by atoms with Crippen molar-refractivity contribution in [2.75, 3.05) is 12.4 Å². The summed E-state index contributed by atoms with van der Waals surface area (Å²) in [6.07, 6.45) is 9.46. The first-order valence-corrected chi connectivity index (χ1v) is 15.7. The summed E-state index contributed by atoms with van der Waals surface area (Å²) in [4.78, 5) is 31.7. The fourth-order valence-corrected chi connectivity index (χ4v) is 6.46. The van der Waals surface area contributed by atoms with E-state index in [0.717, 1.165) is 35.7 Å². The van der Waals surface area contributed by atoms with Crippen LogP contribution in [0.3, 0.4) is 0 Å². The van der Waals surface area contributed by atoms with Gasteiger partial charge in [0.25, 0.3) is 11.5 Å². The molecule has 2 aliphatic rings. The van der Waals surface area contributed by atoms with Crippen LogP contribution in [0.15, 0.2) is 65.8 Å². The highest BCUT2D eigenvalue weighted by atomic mass is 19.1. The molecule has 2 saturated carbocycles. The van der Waals surface area contributed by atoms with Crippen LogP contribution in [-0.2, 0) is 9.53 Å². The van der Waals surface area contributed by atoms with E-state index < -0.39 is 11.4 Å². The van der Waals surface area contributed by atoms with Gasteiger partial charge in [0.15, 0.2) is 23.3 Å². The second-order valence-corrected chi connectivity index (χ2v) is 12.3. The molecule has 0 spiro atoms. The number of carbonyl (C=O) groups excluding carboxylic acids is 1. The maximum Gasteiger partial charge on any atom is 0.275 e. The Hall–Kier alpha value is -4.91. The lowest BCUT2D eigenvalue weighted by molar-refractivity contribution is -0.149. The van der Waals surface area contributed by atoms with Crippen molar-refractivity contribution in [2.24, 2.45) is 0 Å². The van der Waals surface area contributed by atoms with E-state index in [9.17, 15) is 14.0 Å². The van der Waals surface area contributed by atoms with Crippen molar-refractivity contribution in [1.82, 2.24) is 40.1 Å². The number of aromatic amines is 1. The summed E-state index contributed by atoms with van der Waals surface area (Å²) in [5, 5.41) is 24.1. The maximum atomic E-state index is 13.7. The standard InChI is InChI=1S/C33H36FN9O3/c1-20(22-10-11-29(35-17-22)42-19-23(34)18-36-42)37-32(45)33(46-2)14-12-24(13-15-33)43-31(44)26-9-4-3-8-25(26)30(41-43)38-28-16-27(39-40-28)21-6-5-7-21/h3-4,8-11,16-21,24H,5-7,12-15H2,1-2H3,(H,37,45)(H2,38,39,40,41)/t20-,24?,33?/m0/s1. The predicted octanol–water partition coefficient (Wildman–Crippen LogP) is 5.23. The van der Waals surface area contributed by atoms with E-state index in [1.54, 1.807) is 24.1 Å². The molecule has 2 fully saturated rings. The van der Waals surface area contributed by atoms with Gasteiger partial charge in [-0.2, -0.15) is 15.3 Å². The van der Waals surface area contributed by atoms with E-state index >= 15 is 0 Å². The number of H-pyrrole nitrogens is 1. The van der Waals surface area contributed by atoms with E-state index in [4.69, 9.17) is 9.84 Å². The largest absolute Gasteiger partial charge is 0.368 e. The van der Waals surface area contributed by atoms with Crippen molar-refractivity contribution in [3.05, 3.63) is 88.5 Å². The van der Waals surface area contributed by atoms with Crippen molar-refractivity contribution >= 4 is 28.3 Å². The minimum absolute atomic E-state index is 0.167. The molecule has 13 heteroatoms. The summed E-state index contributed by atoms with van der Waals surface area (Å²) in [6, 6.07) is 12.5. The number of hydrogen-bond donors (Lipinski definition) is 3. The third kappa shape index (κ3) is 5.55. The van der Waals surface area contributed by atoms with Gasteiger partial charge in [-0.25, -0.2) is 18.7 Å². The number of pyridine rings is 1. The summed E-state index contributed by atoms with van der Waals surface area (Å²) in [6.45, 7) is 1.87. The molecule has 4 aromatic heterocycles. The van der Waals surface area contributed by atoms with E-state index in [1.807, 2.05) is 43.3 Å². The Labute approximate surface area is 264 Å². The third-order valence-corrected chi connectivity index (χ3v) is 9.53. The van der Waals surface area contributed by atoms with Gasteiger partial charge in [-0.05, 0) is 63.1 Å². The van der Waals surface area contributed by atoms with Crippen molar-refractivity contribution in [2.45, 2.75) is 75.5 Å². The number of anilines is 2. The number of aromatic nitrogens is 7. The Morgan fingerprint density at radius 1 is 1.11 bits per heavy atom. The first kappa shape index (κ1) is 29.8. The molecule has 0 unspecified atom stereocenters. The van der Waals surface area contributed by atoms with E-state index in [2.05, 4.69) is 30.9 Å². The summed E-state index contributed by atoms with van der Waals surface area (Å²) >= 11 is 0. The van der Waals surface area contributed by atoms with E-state index in [0.29, 0.717) is 54.4 Å². The van der Waals surface area contributed by atoms with Gasteiger partial charge in [0.1, 0.15) is 5.60 Å². The smallest absolute Gasteiger partial charge is 0.275 e. The second-order valence-electron chi connectivity index (χ2n) is 12.3. The highest BCUT2D eigenvalue weighted by molar-refractivity contribution is 5.92. The minimum Gasteiger partial charge on any atom is -0.368 e. The highest BCUT2D eigenvalue weighted by Crippen LogP contribution is 2.38. The average Bonchev–Trinajstić information content (AvgIpc) is 3.70. The lowest BCUT2D eigenvalue weighted by Crippen LogP contribution is -2.51. The van der Waals surface area contributed by atoms with Crippen LogP contribution in [0.1, 0.15) is 81.1 Å². The van der Waals surface area contributed by atoms with Crippen molar-refractivity contribution in [1.29, 1.82) is 0 Å². The lowest BCUT2D eigenvalue weighted by Gasteiger charge is -2.38. The van der Waals surface area contributed by atoms with Gasteiger partial charge < -0.3 is 15.4 Å². The molecular weight excluding hydrogens is 589 g/mol. The number of carbonyl (C=O) groups is 1. The van der Waals surface area contributed by atoms with Gasteiger partial charge in [-0.1, -0.05) is 30.7 Å². The molecule has 5 aromatic rings. The molecule has 46 heavy (non-hydrogen) atoms. The van der Waals surface area contributed by atoms with Gasteiger partial charge >= 0.3 is 0 Å². The number of halogens is 1.